The van der Waals surface area contributed by atoms with E-state index in [1.807, 2.05) is 12.1 Å². The van der Waals surface area contributed by atoms with Crippen LogP contribution in [0.4, 0.5) is 11.4 Å². The number of rotatable bonds is 6. The molecule has 0 bridgehead atoms. The van der Waals surface area contributed by atoms with Crippen LogP contribution in [-0.2, 0) is 11.3 Å². The molecular weight excluding hydrogens is 394 g/mol. The van der Waals surface area contributed by atoms with Gasteiger partial charge in [0.1, 0.15) is 0 Å². The Morgan fingerprint density at radius 2 is 1.74 bits per heavy atom. The molecule has 1 saturated heterocycles. The number of hydrogen-bond donors (Lipinski definition) is 1. The van der Waals surface area contributed by atoms with Crippen LogP contribution < -0.4 is 10.2 Å². The van der Waals surface area contributed by atoms with E-state index in [2.05, 4.69) is 22.3 Å². The number of carbonyl (C=O) groups is 2. The highest BCUT2D eigenvalue weighted by atomic mass is 16.5. The van der Waals surface area contributed by atoms with Crippen molar-refractivity contribution in [3.8, 4) is 0 Å². The van der Waals surface area contributed by atoms with Gasteiger partial charge in [-0.3, -0.25) is 9.59 Å². The van der Waals surface area contributed by atoms with Crippen LogP contribution in [0.1, 0.15) is 26.5 Å². The molecule has 160 valence electrons. The molecule has 1 fully saturated rings. The van der Waals surface area contributed by atoms with Gasteiger partial charge >= 0.3 is 0 Å². The van der Waals surface area contributed by atoms with Crippen LogP contribution in [0.3, 0.4) is 0 Å². The summed E-state index contributed by atoms with van der Waals surface area (Å²) in [5, 5.41) is 2.75. The average Bonchev–Trinajstić information content (AvgIpc) is 3.35. The molecule has 2 heterocycles. The SMILES string of the molecule is CN(Cc1ccccc1N1CCOCC1)C(=O)c1ccc(NC(=O)c2ccco2)cc1. The predicted octanol–water partition coefficient (Wildman–Crippen LogP) is 3.64. The Bertz CT molecular complexity index is 1030. The first-order chi connectivity index (χ1) is 15.1. The smallest absolute Gasteiger partial charge is 0.291 e. The molecule has 0 unspecified atom stereocenters. The molecular formula is C24H25N3O4. The fraction of sp³-hybridized carbons (Fsp3) is 0.250. The fourth-order valence-corrected chi connectivity index (χ4v) is 3.60. The zero-order valence-electron chi connectivity index (χ0n) is 17.4. The second-order valence-electron chi connectivity index (χ2n) is 7.40. The molecule has 0 aliphatic carbocycles. The minimum absolute atomic E-state index is 0.0827. The zero-order chi connectivity index (χ0) is 21.6. The largest absolute Gasteiger partial charge is 0.459 e. The number of furan rings is 1. The van der Waals surface area contributed by atoms with Crippen molar-refractivity contribution in [1.82, 2.24) is 4.90 Å². The summed E-state index contributed by atoms with van der Waals surface area (Å²) in [4.78, 5) is 29.0. The third-order valence-electron chi connectivity index (χ3n) is 5.23. The average molecular weight is 419 g/mol. The molecule has 0 radical (unpaired) electrons. The highest BCUT2D eigenvalue weighted by Crippen LogP contribution is 2.23. The Morgan fingerprint density at radius 1 is 1.00 bits per heavy atom. The summed E-state index contributed by atoms with van der Waals surface area (Å²) < 4.78 is 10.5. The number of nitrogens with zero attached hydrogens (tertiary/aromatic N) is 2. The lowest BCUT2D eigenvalue weighted by molar-refractivity contribution is 0.0784. The van der Waals surface area contributed by atoms with Gasteiger partial charge in [0.2, 0.25) is 0 Å². The Hall–Kier alpha value is -3.58. The van der Waals surface area contributed by atoms with E-state index in [0.29, 0.717) is 31.0 Å². The minimum atomic E-state index is -0.332. The number of amides is 2. The Kier molecular flexibility index (Phi) is 6.33. The maximum atomic E-state index is 12.9. The van der Waals surface area contributed by atoms with E-state index in [1.165, 1.54) is 6.26 Å². The highest BCUT2D eigenvalue weighted by Gasteiger charge is 2.18. The monoisotopic (exact) mass is 419 g/mol. The highest BCUT2D eigenvalue weighted by molar-refractivity contribution is 6.02. The number of ether oxygens (including phenoxy) is 1. The van der Waals surface area contributed by atoms with Gasteiger partial charge in [-0.05, 0) is 48.0 Å². The molecule has 0 atom stereocenters. The van der Waals surface area contributed by atoms with Crippen LogP contribution in [-0.4, -0.2) is 50.1 Å². The van der Waals surface area contributed by atoms with E-state index in [9.17, 15) is 9.59 Å². The normalized spacial score (nSPS) is 13.6. The molecule has 1 aliphatic rings. The molecule has 31 heavy (non-hydrogen) atoms. The standard InChI is InChI=1S/C24H25N3O4/c1-26(17-19-5-2-3-6-21(19)27-12-15-30-16-13-27)24(29)18-8-10-20(11-9-18)25-23(28)22-7-4-14-31-22/h2-11,14H,12-13,15-17H2,1H3,(H,25,28). The predicted molar refractivity (Wildman–Crippen MR) is 118 cm³/mol. The first-order valence-electron chi connectivity index (χ1n) is 10.2. The van der Waals surface area contributed by atoms with Gasteiger partial charge in [-0.2, -0.15) is 0 Å². The van der Waals surface area contributed by atoms with E-state index >= 15 is 0 Å². The van der Waals surface area contributed by atoms with Gasteiger partial charge < -0.3 is 24.3 Å². The van der Waals surface area contributed by atoms with Crippen LogP contribution in [0, 0.1) is 0 Å². The van der Waals surface area contributed by atoms with Crippen LogP contribution >= 0.6 is 0 Å². The number of nitrogens with one attached hydrogen (secondary N) is 1. The summed E-state index contributed by atoms with van der Waals surface area (Å²) in [5.41, 5.74) is 3.39. The van der Waals surface area contributed by atoms with E-state index < -0.39 is 0 Å². The van der Waals surface area contributed by atoms with Crippen LogP contribution in [0.5, 0.6) is 0 Å². The maximum absolute atomic E-state index is 12.9. The van der Waals surface area contributed by atoms with E-state index in [0.717, 1.165) is 24.3 Å². The molecule has 0 saturated carbocycles. The second-order valence-corrected chi connectivity index (χ2v) is 7.40. The van der Waals surface area contributed by atoms with Crippen molar-refractivity contribution in [2.75, 3.05) is 43.6 Å². The van der Waals surface area contributed by atoms with Gasteiger partial charge in [-0.25, -0.2) is 0 Å². The first-order valence-corrected chi connectivity index (χ1v) is 10.2. The molecule has 7 heteroatoms. The lowest BCUT2D eigenvalue weighted by Crippen LogP contribution is -2.37. The molecule has 1 aromatic heterocycles. The molecule has 3 aromatic rings. The molecule has 2 aromatic carbocycles. The third-order valence-corrected chi connectivity index (χ3v) is 5.23. The fourth-order valence-electron chi connectivity index (χ4n) is 3.60. The second kappa shape index (κ2) is 9.49. The van der Waals surface area contributed by atoms with Crippen molar-refractivity contribution in [3.05, 3.63) is 83.8 Å². The first kappa shape index (κ1) is 20.7. The molecule has 1 N–H and O–H groups in total. The summed E-state index contributed by atoms with van der Waals surface area (Å²) in [6, 6.07) is 18.3. The van der Waals surface area contributed by atoms with Gasteiger partial charge in [-0.15, -0.1) is 0 Å². The maximum Gasteiger partial charge on any atom is 0.291 e. The van der Waals surface area contributed by atoms with Crippen molar-refractivity contribution in [2.24, 2.45) is 0 Å². The van der Waals surface area contributed by atoms with Gasteiger partial charge in [0.05, 0.1) is 19.5 Å². The Morgan fingerprint density at radius 3 is 2.45 bits per heavy atom. The molecule has 2 amide bonds. The number of anilines is 2. The van der Waals surface area contributed by atoms with Crippen molar-refractivity contribution in [1.29, 1.82) is 0 Å². The van der Waals surface area contributed by atoms with Crippen molar-refractivity contribution in [3.63, 3.8) is 0 Å². The lowest BCUT2D eigenvalue weighted by atomic mass is 10.1. The Balaban J connectivity index is 1.41. The van der Waals surface area contributed by atoms with Crippen LogP contribution in [0.2, 0.25) is 0 Å². The van der Waals surface area contributed by atoms with Crippen molar-refractivity contribution in [2.45, 2.75) is 6.54 Å². The minimum Gasteiger partial charge on any atom is -0.459 e. The lowest BCUT2D eigenvalue weighted by Gasteiger charge is -2.31. The van der Waals surface area contributed by atoms with Crippen molar-refractivity contribution >= 4 is 23.2 Å². The molecule has 7 nitrogen and oxygen atoms in total. The summed E-state index contributed by atoms with van der Waals surface area (Å²) in [6.45, 7) is 3.63. The van der Waals surface area contributed by atoms with E-state index in [1.54, 1.807) is 48.3 Å². The number of para-hydroxylation sites is 1. The summed E-state index contributed by atoms with van der Waals surface area (Å²) in [7, 11) is 1.80. The third kappa shape index (κ3) is 4.95. The Labute approximate surface area is 181 Å². The molecule has 0 spiro atoms. The van der Waals surface area contributed by atoms with Gasteiger partial charge in [-0.1, -0.05) is 18.2 Å². The van der Waals surface area contributed by atoms with Crippen LogP contribution in [0.25, 0.3) is 0 Å². The summed E-state index contributed by atoms with van der Waals surface area (Å²) in [6.07, 6.45) is 1.45. The van der Waals surface area contributed by atoms with E-state index in [4.69, 9.17) is 9.15 Å². The summed E-state index contributed by atoms with van der Waals surface area (Å²) in [5.74, 6) is -0.180. The van der Waals surface area contributed by atoms with Crippen molar-refractivity contribution < 1.29 is 18.7 Å². The molecule has 4 rings (SSSR count). The van der Waals surface area contributed by atoms with Gasteiger partial charge in [0.25, 0.3) is 11.8 Å². The topological polar surface area (TPSA) is 75.0 Å². The number of hydrogen-bond acceptors (Lipinski definition) is 5. The van der Waals surface area contributed by atoms with Crippen LogP contribution in [0.15, 0.2) is 71.3 Å². The number of carbonyl (C=O) groups excluding carboxylic acids is 2. The van der Waals surface area contributed by atoms with Gasteiger partial charge in [0.15, 0.2) is 5.76 Å². The van der Waals surface area contributed by atoms with E-state index in [-0.39, 0.29) is 17.6 Å². The van der Waals surface area contributed by atoms with Gasteiger partial charge in [0, 0.05) is 43.6 Å². The quantitative estimate of drug-likeness (QED) is 0.660. The summed E-state index contributed by atoms with van der Waals surface area (Å²) >= 11 is 0. The molecule has 1 aliphatic heterocycles. The number of morpholine rings is 1. The number of benzene rings is 2. The zero-order valence-corrected chi connectivity index (χ0v) is 17.4.